The highest BCUT2D eigenvalue weighted by atomic mass is 16.4. The van der Waals surface area contributed by atoms with Gasteiger partial charge in [-0.2, -0.15) is 0 Å². The van der Waals surface area contributed by atoms with Gasteiger partial charge in [-0.3, -0.25) is 0 Å². The van der Waals surface area contributed by atoms with Crippen molar-refractivity contribution < 1.29 is 4.42 Å². The van der Waals surface area contributed by atoms with Gasteiger partial charge < -0.3 is 15.1 Å². The first-order valence-corrected chi connectivity index (χ1v) is 7.34. The van der Waals surface area contributed by atoms with Crippen molar-refractivity contribution in [2.45, 2.75) is 6.54 Å². The van der Waals surface area contributed by atoms with Crippen LogP contribution in [-0.2, 0) is 6.54 Å². The van der Waals surface area contributed by atoms with Crippen LogP contribution < -0.4 is 16.3 Å². The maximum absolute atomic E-state index is 11.1. The molecule has 0 atom stereocenters. The normalized spacial score (nSPS) is 10.7. The Morgan fingerprint density at radius 1 is 0.909 bits per heavy atom. The van der Waals surface area contributed by atoms with Crippen molar-refractivity contribution in [2.24, 2.45) is 0 Å². The molecule has 2 aromatic carbocycles. The van der Waals surface area contributed by atoms with E-state index in [9.17, 15) is 4.79 Å². The molecule has 3 aromatic rings. The van der Waals surface area contributed by atoms with Gasteiger partial charge in [0, 0.05) is 36.8 Å². The summed E-state index contributed by atoms with van der Waals surface area (Å²) in [5.74, 6) is 0. The first-order valence-electron chi connectivity index (χ1n) is 7.34. The summed E-state index contributed by atoms with van der Waals surface area (Å²) in [6.45, 7) is 2.52. The topological polar surface area (TPSA) is 54.3 Å². The SMILES string of the molecule is O=c1ccc2cc(CNCCNc3ccccc3)ccc2o1. The molecule has 1 heterocycles. The molecule has 0 bridgehead atoms. The van der Waals surface area contributed by atoms with Gasteiger partial charge in [0.25, 0.3) is 0 Å². The van der Waals surface area contributed by atoms with Crippen LogP contribution in [0.4, 0.5) is 5.69 Å². The zero-order valence-corrected chi connectivity index (χ0v) is 12.2. The van der Waals surface area contributed by atoms with E-state index in [0.29, 0.717) is 5.58 Å². The number of fused-ring (bicyclic) bond motifs is 1. The lowest BCUT2D eigenvalue weighted by atomic mass is 10.1. The molecule has 0 aliphatic heterocycles. The highest BCUT2D eigenvalue weighted by Gasteiger charge is 1.99. The van der Waals surface area contributed by atoms with Gasteiger partial charge in [-0.1, -0.05) is 24.3 Å². The van der Waals surface area contributed by atoms with Crippen molar-refractivity contribution in [3.63, 3.8) is 0 Å². The van der Waals surface area contributed by atoms with Crippen LogP contribution in [0.3, 0.4) is 0 Å². The molecule has 4 heteroatoms. The van der Waals surface area contributed by atoms with E-state index in [4.69, 9.17) is 4.42 Å². The van der Waals surface area contributed by atoms with Crippen LogP contribution in [0.25, 0.3) is 11.0 Å². The van der Waals surface area contributed by atoms with Gasteiger partial charge >= 0.3 is 5.63 Å². The van der Waals surface area contributed by atoms with Crippen LogP contribution >= 0.6 is 0 Å². The predicted molar refractivity (Wildman–Crippen MR) is 89.1 cm³/mol. The third-order valence-electron chi connectivity index (χ3n) is 3.42. The Labute approximate surface area is 128 Å². The molecule has 0 amide bonds. The Bertz CT molecular complexity index is 797. The van der Waals surface area contributed by atoms with Crippen molar-refractivity contribution in [3.05, 3.63) is 76.6 Å². The lowest BCUT2D eigenvalue weighted by molar-refractivity contribution is 0.561. The lowest BCUT2D eigenvalue weighted by Crippen LogP contribution is -2.21. The number of anilines is 1. The molecule has 112 valence electrons. The molecule has 0 aliphatic carbocycles. The Balaban J connectivity index is 1.49. The number of para-hydroxylation sites is 1. The summed E-state index contributed by atoms with van der Waals surface area (Å²) < 4.78 is 5.12. The Morgan fingerprint density at radius 2 is 1.77 bits per heavy atom. The molecular formula is C18H18N2O2. The van der Waals surface area contributed by atoms with Crippen molar-refractivity contribution in [2.75, 3.05) is 18.4 Å². The summed E-state index contributed by atoms with van der Waals surface area (Å²) in [6, 6.07) is 19.2. The highest BCUT2D eigenvalue weighted by molar-refractivity contribution is 5.76. The lowest BCUT2D eigenvalue weighted by Gasteiger charge is -2.08. The zero-order valence-electron chi connectivity index (χ0n) is 12.2. The van der Waals surface area contributed by atoms with Gasteiger partial charge in [-0.15, -0.1) is 0 Å². The Hall–Kier alpha value is -2.59. The van der Waals surface area contributed by atoms with Crippen molar-refractivity contribution in [1.82, 2.24) is 5.32 Å². The summed E-state index contributed by atoms with van der Waals surface area (Å²) >= 11 is 0. The standard InChI is InChI=1S/C18H18N2O2/c21-18-9-7-15-12-14(6-8-17(15)22-18)13-19-10-11-20-16-4-2-1-3-5-16/h1-9,12,19-20H,10-11,13H2. The third kappa shape index (κ3) is 3.74. The van der Waals surface area contributed by atoms with Crippen LogP contribution in [0, 0.1) is 0 Å². The van der Waals surface area contributed by atoms with Gasteiger partial charge in [-0.25, -0.2) is 4.79 Å². The average molecular weight is 294 g/mol. The Morgan fingerprint density at radius 3 is 2.64 bits per heavy atom. The molecule has 0 aliphatic rings. The van der Waals surface area contributed by atoms with E-state index in [0.717, 1.165) is 30.7 Å². The second kappa shape index (κ2) is 6.91. The third-order valence-corrected chi connectivity index (χ3v) is 3.42. The van der Waals surface area contributed by atoms with Gasteiger partial charge in [0.1, 0.15) is 5.58 Å². The zero-order chi connectivity index (χ0) is 15.2. The van der Waals surface area contributed by atoms with E-state index in [-0.39, 0.29) is 5.63 Å². The molecule has 0 fully saturated rings. The fourth-order valence-electron chi connectivity index (χ4n) is 2.32. The maximum atomic E-state index is 11.1. The fourth-order valence-corrected chi connectivity index (χ4v) is 2.32. The van der Waals surface area contributed by atoms with Crippen molar-refractivity contribution >= 4 is 16.7 Å². The molecule has 0 saturated carbocycles. The van der Waals surface area contributed by atoms with E-state index in [1.54, 1.807) is 6.07 Å². The molecular weight excluding hydrogens is 276 g/mol. The summed E-state index contributed by atoms with van der Waals surface area (Å²) in [5, 5.41) is 7.69. The first-order chi connectivity index (χ1) is 10.8. The molecule has 2 N–H and O–H groups in total. The smallest absolute Gasteiger partial charge is 0.336 e. The number of nitrogens with one attached hydrogen (secondary N) is 2. The average Bonchev–Trinajstić information content (AvgIpc) is 2.55. The molecule has 4 nitrogen and oxygen atoms in total. The van der Waals surface area contributed by atoms with Crippen LogP contribution in [0.2, 0.25) is 0 Å². The van der Waals surface area contributed by atoms with Gasteiger partial charge in [0.15, 0.2) is 0 Å². The second-order valence-electron chi connectivity index (χ2n) is 5.10. The quantitative estimate of drug-likeness (QED) is 0.542. The monoisotopic (exact) mass is 294 g/mol. The summed E-state index contributed by atoms with van der Waals surface area (Å²) in [5.41, 5.74) is 2.61. The van der Waals surface area contributed by atoms with E-state index in [1.807, 2.05) is 36.4 Å². The van der Waals surface area contributed by atoms with E-state index < -0.39 is 0 Å². The Kier molecular flexibility index (Phi) is 4.51. The number of rotatable bonds is 6. The van der Waals surface area contributed by atoms with E-state index in [2.05, 4.69) is 22.8 Å². The molecule has 1 aromatic heterocycles. The summed E-state index contributed by atoms with van der Waals surface area (Å²) in [4.78, 5) is 11.1. The van der Waals surface area contributed by atoms with Crippen LogP contribution in [0.5, 0.6) is 0 Å². The van der Waals surface area contributed by atoms with E-state index in [1.165, 1.54) is 11.6 Å². The van der Waals surface area contributed by atoms with E-state index >= 15 is 0 Å². The number of hydrogen-bond donors (Lipinski definition) is 2. The fraction of sp³-hybridized carbons (Fsp3) is 0.167. The maximum Gasteiger partial charge on any atom is 0.336 e. The van der Waals surface area contributed by atoms with Gasteiger partial charge in [-0.05, 0) is 35.9 Å². The molecule has 3 rings (SSSR count). The molecule has 0 spiro atoms. The van der Waals surface area contributed by atoms with Crippen molar-refractivity contribution in [1.29, 1.82) is 0 Å². The first kappa shape index (κ1) is 14.4. The van der Waals surface area contributed by atoms with Gasteiger partial charge in [0.05, 0.1) is 0 Å². The second-order valence-corrected chi connectivity index (χ2v) is 5.10. The summed E-state index contributed by atoms with van der Waals surface area (Å²) in [6.07, 6.45) is 0. The number of hydrogen-bond acceptors (Lipinski definition) is 4. The van der Waals surface area contributed by atoms with Crippen LogP contribution in [0.15, 0.2) is 69.9 Å². The largest absolute Gasteiger partial charge is 0.423 e. The molecule has 0 radical (unpaired) electrons. The molecule has 0 unspecified atom stereocenters. The van der Waals surface area contributed by atoms with Crippen molar-refractivity contribution in [3.8, 4) is 0 Å². The van der Waals surface area contributed by atoms with Crippen LogP contribution in [-0.4, -0.2) is 13.1 Å². The minimum atomic E-state index is -0.314. The summed E-state index contributed by atoms with van der Waals surface area (Å²) in [7, 11) is 0. The highest BCUT2D eigenvalue weighted by Crippen LogP contribution is 2.13. The minimum Gasteiger partial charge on any atom is -0.423 e. The van der Waals surface area contributed by atoms with Gasteiger partial charge in [0.2, 0.25) is 0 Å². The molecule has 22 heavy (non-hydrogen) atoms. The molecule has 0 saturated heterocycles. The minimum absolute atomic E-state index is 0.314. The van der Waals surface area contributed by atoms with Crippen LogP contribution in [0.1, 0.15) is 5.56 Å². The number of benzene rings is 2. The predicted octanol–water partition coefficient (Wildman–Crippen LogP) is 2.99.